The van der Waals surface area contributed by atoms with E-state index in [1.807, 2.05) is 44.4 Å². The van der Waals surface area contributed by atoms with Crippen LogP contribution in [-0.2, 0) is 0 Å². The van der Waals surface area contributed by atoms with Gasteiger partial charge in [0.1, 0.15) is 5.82 Å². The van der Waals surface area contributed by atoms with Crippen LogP contribution in [0.2, 0.25) is 0 Å². The normalized spacial score (nSPS) is 11.0. The highest BCUT2D eigenvalue weighted by Gasteiger charge is 2.08. The molecular formula is C18H18N4. The molecule has 22 heavy (non-hydrogen) atoms. The lowest BCUT2D eigenvalue weighted by Crippen LogP contribution is -2.21. The van der Waals surface area contributed by atoms with E-state index < -0.39 is 0 Å². The summed E-state index contributed by atoms with van der Waals surface area (Å²) in [6, 6.07) is 16.1. The summed E-state index contributed by atoms with van der Waals surface area (Å²) in [6.07, 6.45) is 0. The standard InChI is InChI=1S/C18H18N4/c1-22(2)10-9-20-18-16-6-4-3-5-14(16)15-8-7-13(12-19)11-17(15)21-18/h3-8,11H,9-10H2,1-2H3,(H,20,21). The van der Waals surface area contributed by atoms with E-state index >= 15 is 0 Å². The maximum Gasteiger partial charge on any atom is 0.134 e. The third-order valence-corrected chi connectivity index (χ3v) is 3.68. The molecule has 0 unspecified atom stereocenters. The average Bonchev–Trinajstić information content (AvgIpc) is 2.54. The molecule has 1 aromatic heterocycles. The van der Waals surface area contributed by atoms with Gasteiger partial charge in [-0.05, 0) is 31.6 Å². The number of likely N-dealkylation sites (N-methyl/N-ethyl adjacent to an activating group) is 1. The third-order valence-electron chi connectivity index (χ3n) is 3.68. The topological polar surface area (TPSA) is 52.0 Å². The van der Waals surface area contributed by atoms with E-state index in [-0.39, 0.29) is 0 Å². The number of rotatable bonds is 4. The van der Waals surface area contributed by atoms with Crippen molar-refractivity contribution in [1.82, 2.24) is 9.88 Å². The number of nitrogens with zero attached hydrogens (tertiary/aromatic N) is 3. The second-order valence-electron chi connectivity index (χ2n) is 5.58. The lowest BCUT2D eigenvalue weighted by Gasteiger charge is -2.14. The molecule has 4 heteroatoms. The van der Waals surface area contributed by atoms with Gasteiger partial charge in [-0.2, -0.15) is 5.26 Å². The number of nitriles is 1. The van der Waals surface area contributed by atoms with Crippen molar-refractivity contribution in [3.8, 4) is 6.07 Å². The predicted molar refractivity (Wildman–Crippen MR) is 91.0 cm³/mol. The molecule has 0 spiro atoms. The van der Waals surface area contributed by atoms with Crippen LogP contribution in [0.4, 0.5) is 5.82 Å². The van der Waals surface area contributed by atoms with E-state index in [2.05, 4.69) is 28.4 Å². The van der Waals surface area contributed by atoms with E-state index in [0.29, 0.717) is 5.56 Å². The van der Waals surface area contributed by atoms with Crippen LogP contribution in [0.3, 0.4) is 0 Å². The molecule has 0 aliphatic carbocycles. The highest BCUT2D eigenvalue weighted by atomic mass is 15.1. The van der Waals surface area contributed by atoms with Crippen molar-refractivity contribution in [2.24, 2.45) is 0 Å². The van der Waals surface area contributed by atoms with Crippen molar-refractivity contribution in [3.63, 3.8) is 0 Å². The molecule has 0 saturated carbocycles. The van der Waals surface area contributed by atoms with Gasteiger partial charge in [-0.3, -0.25) is 0 Å². The fraction of sp³-hybridized carbons (Fsp3) is 0.222. The Balaban J connectivity index is 2.14. The Morgan fingerprint density at radius 1 is 1.09 bits per heavy atom. The fourth-order valence-electron chi connectivity index (χ4n) is 2.56. The molecule has 0 atom stereocenters. The van der Waals surface area contributed by atoms with Gasteiger partial charge < -0.3 is 10.2 Å². The molecule has 0 fully saturated rings. The Labute approximate surface area is 130 Å². The molecule has 0 radical (unpaired) electrons. The van der Waals surface area contributed by atoms with Crippen LogP contribution in [-0.4, -0.2) is 37.1 Å². The molecule has 0 aliphatic rings. The first-order valence-corrected chi connectivity index (χ1v) is 7.30. The van der Waals surface area contributed by atoms with Crippen molar-refractivity contribution in [1.29, 1.82) is 5.26 Å². The lowest BCUT2D eigenvalue weighted by molar-refractivity contribution is 0.425. The number of aromatic nitrogens is 1. The van der Waals surface area contributed by atoms with E-state index in [1.54, 1.807) is 0 Å². The number of fused-ring (bicyclic) bond motifs is 3. The lowest BCUT2D eigenvalue weighted by atomic mass is 10.0. The fourth-order valence-corrected chi connectivity index (χ4v) is 2.56. The summed E-state index contributed by atoms with van der Waals surface area (Å²) in [5.41, 5.74) is 1.49. The Morgan fingerprint density at radius 2 is 1.86 bits per heavy atom. The maximum atomic E-state index is 9.08. The Morgan fingerprint density at radius 3 is 2.59 bits per heavy atom. The van der Waals surface area contributed by atoms with Crippen molar-refractivity contribution >= 4 is 27.5 Å². The Kier molecular flexibility index (Phi) is 3.90. The number of anilines is 1. The SMILES string of the molecule is CN(C)CCNc1nc2cc(C#N)ccc2c2ccccc12. The molecule has 0 bridgehead atoms. The Hall–Kier alpha value is -2.64. The minimum absolute atomic E-state index is 0.634. The van der Waals surface area contributed by atoms with Crippen LogP contribution in [0.15, 0.2) is 42.5 Å². The maximum absolute atomic E-state index is 9.08. The van der Waals surface area contributed by atoms with Gasteiger partial charge in [0.25, 0.3) is 0 Å². The molecule has 0 saturated heterocycles. The van der Waals surface area contributed by atoms with Gasteiger partial charge in [0.05, 0.1) is 17.1 Å². The van der Waals surface area contributed by atoms with E-state index in [4.69, 9.17) is 10.2 Å². The van der Waals surface area contributed by atoms with Crippen LogP contribution in [0.5, 0.6) is 0 Å². The van der Waals surface area contributed by atoms with E-state index in [1.165, 1.54) is 0 Å². The van der Waals surface area contributed by atoms with Gasteiger partial charge in [0.15, 0.2) is 0 Å². The van der Waals surface area contributed by atoms with Gasteiger partial charge in [-0.25, -0.2) is 4.98 Å². The molecule has 0 amide bonds. The molecule has 110 valence electrons. The minimum atomic E-state index is 0.634. The first-order valence-electron chi connectivity index (χ1n) is 7.30. The average molecular weight is 290 g/mol. The number of nitrogens with one attached hydrogen (secondary N) is 1. The molecule has 4 nitrogen and oxygen atoms in total. The largest absolute Gasteiger partial charge is 0.368 e. The summed E-state index contributed by atoms with van der Waals surface area (Å²) < 4.78 is 0. The second kappa shape index (κ2) is 6.00. The van der Waals surface area contributed by atoms with Crippen LogP contribution < -0.4 is 5.32 Å². The smallest absolute Gasteiger partial charge is 0.134 e. The Bertz CT molecular complexity index is 862. The van der Waals surface area contributed by atoms with Crippen molar-refractivity contribution in [2.75, 3.05) is 32.5 Å². The van der Waals surface area contributed by atoms with Gasteiger partial charge >= 0.3 is 0 Å². The summed E-state index contributed by atoms with van der Waals surface area (Å²) in [7, 11) is 4.10. The molecule has 2 aromatic carbocycles. The highest BCUT2D eigenvalue weighted by molar-refractivity contribution is 6.10. The van der Waals surface area contributed by atoms with Gasteiger partial charge in [-0.15, -0.1) is 0 Å². The molecule has 3 aromatic rings. The number of hydrogen-bond donors (Lipinski definition) is 1. The first-order chi connectivity index (χ1) is 10.7. The van der Waals surface area contributed by atoms with E-state index in [9.17, 15) is 0 Å². The zero-order valence-corrected chi connectivity index (χ0v) is 12.8. The number of hydrogen-bond acceptors (Lipinski definition) is 4. The van der Waals surface area contributed by atoms with Crippen LogP contribution in [0, 0.1) is 11.3 Å². The van der Waals surface area contributed by atoms with Gasteiger partial charge in [0, 0.05) is 23.9 Å². The van der Waals surface area contributed by atoms with Crippen molar-refractivity contribution in [3.05, 3.63) is 48.0 Å². The highest BCUT2D eigenvalue weighted by Crippen LogP contribution is 2.29. The summed E-state index contributed by atoms with van der Waals surface area (Å²) in [6.45, 7) is 1.76. The van der Waals surface area contributed by atoms with E-state index in [0.717, 1.165) is 40.6 Å². The van der Waals surface area contributed by atoms with Gasteiger partial charge in [-0.1, -0.05) is 30.3 Å². The molecule has 1 N–H and O–H groups in total. The zero-order chi connectivity index (χ0) is 15.5. The predicted octanol–water partition coefficient (Wildman–Crippen LogP) is 3.23. The second-order valence-corrected chi connectivity index (χ2v) is 5.58. The zero-order valence-electron chi connectivity index (χ0n) is 12.8. The third kappa shape index (κ3) is 2.72. The van der Waals surface area contributed by atoms with Crippen molar-refractivity contribution in [2.45, 2.75) is 0 Å². The molecule has 3 rings (SSSR count). The summed E-state index contributed by atoms with van der Waals surface area (Å²) in [5.74, 6) is 0.875. The number of benzene rings is 2. The quantitative estimate of drug-likeness (QED) is 0.750. The first kappa shape index (κ1) is 14.3. The summed E-state index contributed by atoms with van der Waals surface area (Å²) in [5, 5.41) is 15.8. The summed E-state index contributed by atoms with van der Waals surface area (Å²) >= 11 is 0. The minimum Gasteiger partial charge on any atom is -0.368 e. The molecule has 1 heterocycles. The van der Waals surface area contributed by atoms with Crippen LogP contribution in [0.25, 0.3) is 21.7 Å². The monoisotopic (exact) mass is 290 g/mol. The van der Waals surface area contributed by atoms with Gasteiger partial charge in [0.2, 0.25) is 0 Å². The van der Waals surface area contributed by atoms with Crippen LogP contribution in [0.1, 0.15) is 5.56 Å². The summed E-state index contributed by atoms with van der Waals surface area (Å²) in [4.78, 5) is 6.86. The van der Waals surface area contributed by atoms with Crippen molar-refractivity contribution < 1.29 is 0 Å². The molecular weight excluding hydrogens is 272 g/mol. The number of pyridine rings is 1. The van der Waals surface area contributed by atoms with Crippen LogP contribution >= 0.6 is 0 Å². The molecule has 0 aliphatic heterocycles.